The lowest BCUT2D eigenvalue weighted by atomic mass is 10.1. The molecule has 0 amide bonds. The molecule has 1 aliphatic rings. The molecule has 0 aromatic carbocycles. The van der Waals surface area contributed by atoms with Crippen molar-refractivity contribution in [3.05, 3.63) is 11.5 Å². The molecule has 0 saturated carbocycles. The monoisotopic (exact) mass is 358 g/mol. The van der Waals surface area contributed by atoms with Crippen LogP contribution < -0.4 is 0 Å². The van der Waals surface area contributed by atoms with Gasteiger partial charge in [0.1, 0.15) is 10.6 Å². The molecule has 8 heteroatoms. The Balaban J connectivity index is 2.05. The number of hydrogen-bond donors (Lipinski definition) is 0. The summed E-state index contributed by atoms with van der Waals surface area (Å²) in [6.45, 7) is 6.44. The van der Waals surface area contributed by atoms with Crippen molar-refractivity contribution >= 4 is 10.0 Å². The highest BCUT2D eigenvalue weighted by atomic mass is 32.2. The predicted molar refractivity (Wildman–Crippen MR) is 93.6 cm³/mol. The first-order valence-electron chi connectivity index (χ1n) is 8.51. The van der Waals surface area contributed by atoms with Crippen molar-refractivity contribution in [2.45, 2.75) is 44.0 Å². The third-order valence-electron chi connectivity index (χ3n) is 4.66. The van der Waals surface area contributed by atoms with E-state index in [1.165, 1.54) is 0 Å². The van der Waals surface area contributed by atoms with E-state index in [0.717, 1.165) is 32.4 Å². The van der Waals surface area contributed by atoms with Gasteiger partial charge in [0.25, 0.3) is 0 Å². The summed E-state index contributed by atoms with van der Waals surface area (Å²) >= 11 is 0. The van der Waals surface area contributed by atoms with Gasteiger partial charge in [-0.05, 0) is 67.3 Å². The lowest BCUT2D eigenvalue weighted by Crippen LogP contribution is -2.49. The van der Waals surface area contributed by atoms with Gasteiger partial charge in [-0.3, -0.25) is 0 Å². The van der Waals surface area contributed by atoms with Crippen LogP contribution in [0.4, 0.5) is 0 Å². The van der Waals surface area contributed by atoms with Crippen LogP contribution in [0, 0.1) is 13.8 Å². The van der Waals surface area contributed by atoms with Crippen molar-refractivity contribution in [1.82, 2.24) is 19.3 Å². The Hall–Kier alpha value is -0.960. The maximum atomic E-state index is 13.0. The number of rotatable bonds is 7. The maximum Gasteiger partial charge on any atom is 0.248 e. The molecule has 2 rings (SSSR count). The summed E-state index contributed by atoms with van der Waals surface area (Å²) in [4.78, 5) is 4.69. The molecule has 2 heterocycles. The number of aryl methyl sites for hydroxylation is 2. The van der Waals surface area contributed by atoms with E-state index >= 15 is 0 Å². The smallest absolute Gasteiger partial charge is 0.248 e. The van der Waals surface area contributed by atoms with Gasteiger partial charge < -0.3 is 14.3 Å². The van der Waals surface area contributed by atoms with Crippen LogP contribution in [0.3, 0.4) is 0 Å². The topological polar surface area (TPSA) is 69.9 Å². The lowest BCUT2D eigenvalue weighted by molar-refractivity contribution is 0.158. The molecule has 24 heavy (non-hydrogen) atoms. The van der Waals surface area contributed by atoms with E-state index in [9.17, 15) is 8.42 Å². The number of hydrogen-bond acceptors (Lipinski definition) is 6. The molecule has 0 unspecified atom stereocenters. The van der Waals surface area contributed by atoms with Crippen molar-refractivity contribution in [1.29, 1.82) is 0 Å². The van der Waals surface area contributed by atoms with E-state index in [1.54, 1.807) is 18.2 Å². The molecule has 0 aliphatic carbocycles. The molecule has 0 bridgehead atoms. The molecule has 0 N–H and O–H groups in total. The van der Waals surface area contributed by atoms with E-state index < -0.39 is 10.0 Å². The Labute approximate surface area is 145 Å². The van der Waals surface area contributed by atoms with Crippen molar-refractivity contribution in [2.75, 3.05) is 47.3 Å². The van der Waals surface area contributed by atoms with Crippen molar-refractivity contribution in [3.8, 4) is 0 Å². The fourth-order valence-corrected chi connectivity index (χ4v) is 5.10. The third-order valence-corrected chi connectivity index (χ3v) is 6.77. The van der Waals surface area contributed by atoms with Gasteiger partial charge in [0, 0.05) is 19.1 Å². The zero-order chi connectivity index (χ0) is 17.9. The van der Waals surface area contributed by atoms with E-state index in [-0.39, 0.29) is 10.9 Å². The van der Waals surface area contributed by atoms with Crippen LogP contribution in [0.15, 0.2) is 9.42 Å². The maximum absolute atomic E-state index is 13.0. The Bertz CT molecular complexity index is 622. The molecule has 1 aromatic rings. The number of piperidine rings is 1. The van der Waals surface area contributed by atoms with Crippen molar-refractivity contribution < 1.29 is 12.9 Å². The standard InChI is InChI=1S/C16H30N4O3S/c1-13-16(14(2)23-17-13)24(21,22)20-11-6-8-15(12-20)19(5)10-7-9-18(3)4/h15H,6-12H2,1-5H3/t15-/m0/s1. The summed E-state index contributed by atoms with van der Waals surface area (Å²) in [6.07, 6.45) is 2.99. The van der Waals surface area contributed by atoms with E-state index in [2.05, 4.69) is 36.1 Å². The fourth-order valence-electron chi connectivity index (χ4n) is 3.29. The van der Waals surface area contributed by atoms with E-state index in [1.807, 2.05) is 0 Å². The summed E-state index contributed by atoms with van der Waals surface area (Å²) in [5.41, 5.74) is 0.439. The van der Waals surface area contributed by atoms with E-state index in [4.69, 9.17) is 4.52 Å². The molecular formula is C16H30N4O3S. The third kappa shape index (κ3) is 4.36. The predicted octanol–water partition coefficient (Wildman–Crippen LogP) is 1.33. The van der Waals surface area contributed by atoms with Gasteiger partial charge in [-0.1, -0.05) is 5.16 Å². The zero-order valence-electron chi connectivity index (χ0n) is 15.4. The average molecular weight is 359 g/mol. The molecule has 1 aromatic heterocycles. The molecule has 1 aliphatic heterocycles. The van der Waals surface area contributed by atoms with Crippen LogP contribution in [0.2, 0.25) is 0 Å². The quantitative estimate of drug-likeness (QED) is 0.732. The number of nitrogens with zero attached hydrogens (tertiary/aromatic N) is 4. The number of likely N-dealkylation sites (N-methyl/N-ethyl adjacent to an activating group) is 1. The highest BCUT2D eigenvalue weighted by Gasteiger charge is 2.35. The van der Waals surface area contributed by atoms with Crippen LogP contribution in [-0.2, 0) is 10.0 Å². The van der Waals surface area contributed by atoms with Gasteiger partial charge in [-0.15, -0.1) is 0 Å². The molecule has 138 valence electrons. The number of aromatic nitrogens is 1. The van der Waals surface area contributed by atoms with Crippen LogP contribution >= 0.6 is 0 Å². The molecular weight excluding hydrogens is 328 g/mol. The Morgan fingerprint density at radius 2 is 1.96 bits per heavy atom. The second-order valence-electron chi connectivity index (χ2n) is 6.95. The van der Waals surface area contributed by atoms with Gasteiger partial charge >= 0.3 is 0 Å². The highest BCUT2D eigenvalue weighted by Crippen LogP contribution is 2.27. The molecule has 1 saturated heterocycles. The van der Waals surface area contributed by atoms with Gasteiger partial charge in [0.05, 0.1) is 0 Å². The van der Waals surface area contributed by atoms with E-state index in [0.29, 0.717) is 24.5 Å². The molecule has 1 atom stereocenters. The minimum absolute atomic E-state index is 0.235. The minimum Gasteiger partial charge on any atom is -0.360 e. The SMILES string of the molecule is Cc1noc(C)c1S(=O)(=O)N1CCC[C@H](N(C)CCCN(C)C)C1. The fraction of sp³-hybridized carbons (Fsp3) is 0.812. The van der Waals surface area contributed by atoms with Gasteiger partial charge in [0.2, 0.25) is 10.0 Å². The number of sulfonamides is 1. The lowest BCUT2D eigenvalue weighted by Gasteiger charge is -2.37. The molecule has 1 fully saturated rings. The summed E-state index contributed by atoms with van der Waals surface area (Å²) in [6, 6.07) is 0.260. The Morgan fingerprint density at radius 1 is 1.25 bits per heavy atom. The summed E-state index contributed by atoms with van der Waals surface area (Å²) in [5, 5.41) is 3.79. The average Bonchev–Trinajstić information content (AvgIpc) is 2.86. The van der Waals surface area contributed by atoms with Crippen LogP contribution in [0.1, 0.15) is 30.7 Å². The van der Waals surface area contributed by atoms with Crippen LogP contribution in [0.25, 0.3) is 0 Å². The normalized spacial score (nSPS) is 20.2. The first-order valence-corrected chi connectivity index (χ1v) is 9.95. The van der Waals surface area contributed by atoms with Crippen molar-refractivity contribution in [2.24, 2.45) is 0 Å². The summed E-state index contributed by atoms with van der Waals surface area (Å²) < 4.78 is 32.6. The van der Waals surface area contributed by atoms with Gasteiger partial charge in [-0.2, -0.15) is 4.31 Å². The van der Waals surface area contributed by atoms with Gasteiger partial charge in [0.15, 0.2) is 5.76 Å². The van der Waals surface area contributed by atoms with Crippen molar-refractivity contribution in [3.63, 3.8) is 0 Å². The summed E-state index contributed by atoms with van der Waals surface area (Å²) in [5.74, 6) is 0.369. The van der Waals surface area contributed by atoms with Gasteiger partial charge in [-0.25, -0.2) is 8.42 Å². The minimum atomic E-state index is -3.54. The first-order chi connectivity index (χ1) is 11.2. The van der Waals surface area contributed by atoms with Crippen LogP contribution in [0.5, 0.6) is 0 Å². The Morgan fingerprint density at radius 3 is 2.54 bits per heavy atom. The summed E-state index contributed by atoms with van der Waals surface area (Å²) in [7, 11) is 2.69. The molecule has 0 spiro atoms. The molecule has 0 radical (unpaired) electrons. The second kappa shape index (κ2) is 7.95. The van der Waals surface area contributed by atoms with Crippen LogP contribution in [-0.4, -0.2) is 81.0 Å². The Kier molecular flexibility index (Phi) is 6.41. The first kappa shape index (κ1) is 19.4. The zero-order valence-corrected chi connectivity index (χ0v) is 16.3. The largest absolute Gasteiger partial charge is 0.360 e. The molecule has 7 nitrogen and oxygen atoms in total. The highest BCUT2D eigenvalue weighted by molar-refractivity contribution is 7.89. The second-order valence-corrected chi connectivity index (χ2v) is 8.82.